The Balaban J connectivity index is 1.88. The molecule has 0 amide bonds. The summed E-state index contributed by atoms with van der Waals surface area (Å²) in [7, 11) is -7.20. The summed E-state index contributed by atoms with van der Waals surface area (Å²) >= 11 is 5.92. The Morgan fingerprint density at radius 3 is 2.21 bits per heavy atom. The zero-order valence-corrected chi connectivity index (χ0v) is 18.5. The molecule has 28 heavy (non-hydrogen) atoms. The maximum Gasteiger partial charge on any atom is 0.243 e. The van der Waals surface area contributed by atoms with Gasteiger partial charge in [-0.05, 0) is 62.6 Å². The average molecular weight is 442 g/mol. The minimum atomic E-state index is -3.77. The van der Waals surface area contributed by atoms with Gasteiger partial charge in [0.15, 0.2) is 9.84 Å². The van der Waals surface area contributed by atoms with Crippen LogP contribution < -0.4 is 0 Å². The highest BCUT2D eigenvalue weighted by atomic mass is 35.5. The molecule has 152 valence electrons. The van der Waals surface area contributed by atoms with Crippen LogP contribution >= 0.6 is 11.6 Å². The third-order valence-electron chi connectivity index (χ3n) is 5.05. The van der Waals surface area contributed by atoms with Crippen molar-refractivity contribution >= 4 is 31.5 Å². The molecule has 0 bridgehead atoms. The van der Waals surface area contributed by atoms with Crippen molar-refractivity contribution in [1.82, 2.24) is 4.31 Å². The summed E-state index contributed by atoms with van der Waals surface area (Å²) in [6.45, 7) is 5.14. The van der Waals surface area contributed by atoms with E-state index in [1.807, 2.05) is 18.2 Å². The Morgan fingerprint density at radius 1 is 0.964 bits per heavy atom. The predicted molar refractivity (Wildman–Crippen MR) is 113 cm³/mol. The van der Waals surface area contributed by atoms with Crippen LogP contribution in [0, 0.1) is 0 Å². The van der Waals surface area contributed by atoms with Gasteiger partial charge in [0, 0.05) is 18.1 Å². The number of benzene rings is 2. The molecule has 0 spiro atoms. The minimum Gasteiger partial charge on any atom is -0.228 e. The molecule has 1 heterocycles. The van der Waals surface area contributed by atoms with E-state index in [9.17, 15) is 16.8 Å². The van der Waals surface area contributed by atoms with Gasteiger partial charge in [-0.1, -0.05) is 35.9 Å². The van der Waals surface area contributed by atoms with Gasteiger partial charge in [0.2, 0.25) is 10.0 Å². The summed E-state index contributed by atoms with van der Waals surface area (Å²) in [5.41, 5.74) is 1.62. The molecule has 1 aliphatic rings. The van der Waals surface area contributed by atoms with Gasteiger partial charge in [0.25, 0.3) is 0 Å². The maximum atomic E-state index is 13.1. The Bertz CT molecular complexity index is 1070. The number of sulfone groups is 1. The quantitative estimate of drug-likeness (QED) is 0.719. The van der Waals surface area contributed by atoms with E-state index in [1.54, 1.807) is 51.1 Å². The Hall–Kier alpha value is -1.41. The van der Waals surface area contributed by atoms with Gasteiger partial charge < -0.3 is 0 Å². The van der Waals surface area contributed by atoms with Crippen LogP contribution in [0.2, 0.25) is 5.02 Å². The highest BCUT2D eigenvalue weighted by molar-refractivity contribution is 7.93. The van der Waals surface area contributed by atoms with E-state index in [0.29, 0.717) is 11.4 Å². The van der Waals surface area contributed by atoms with Crippen LogP contribution in [0.5, 0.6) is 0 Å². The van der Waals surface area contributed by atoms with E-state index in [1.165, 1.54) is 4.31 Å². The number of hydrogen-bond acceptors (Lipinski definition) is 4. The molecule has 1 aliphatic heterocycles. The lowest BCUT2D eigenvalue weighted by atomic mass is 10.1. The van der Waals surface area contributed by atoms with Crippen molar-refractivity contribution in [2.24, 2.45) is 0 Å². The fourth-order valence-electron chi connectivity index (χ4n) is 3.30. The number of nitrogens with zero attached hydrogens (tertiary/aromatic N) is 1. The van der Waals surface area contributed by atoms with Crippen molar-refractivity contribution in [3.8, 4) is 11.1 Å². The monoisotopic (exact) mass is 441 g/mol. The predicted octanol–water partition coefficient (Wildman–Crippen LogP) is 3.98. The number of rotatable bonds is 4. The number of sulfonamides is 1. The van der Waals surface area contributed by atoms with Crippen molar-refractivity contribution in [2.45, 2.75) is 42.1 Å². The highest BCUT2D eigenvalue weighted by Crippen LogP contribution is 2.31. The summed E-state index contributed by atoms with van der Waals surface area (Å²) in [6.07, 6.45) is 0.315. The van der Waals surface area contributed by atoms with Crippen molar-refractivity contribution in [2.75, 3.05) is 13.1 Å². The largest absolute Gasteiger partial charge is 0.243 e. The summed E-state index contributed by atoms with van der Waals surface area (Å²) in [4.78, 5) is 0.161. The topological polar surface area (TPSA) is 71.5 Å². The van der Waals surface area contributed by atoms with Crippen LogP contribution in [-0.2, 0) is 19.9 Å². The van der Waals surface area contributed by atoms with Gasteiger partial charge in [-0.15, -0.1) is 0 Å². The third kappa shape index (κ3) is 3.99. The molecule has 1 unspecified atom stereocenters. The molecule has 2 aromatic rings. The second kappa shape index (κ2) is 7.44. The van der Waals surface area contributed by atoms with Crippen LogP contribution in [0.15, 0.2) is 53.4 Å². The van der Waals surface area contributed by atoms with Gasteiger partial charge in [-0.3, -0.25) is 0 Å². The molecule has 5 nitrogen and oxygen atoms in total. The van der Waals surface area contributed by atoms with E-state index >= 15 is 0 Å². The van der Waals surface area contributed by atoms with Crippen molar-refractivity contribution in [3.05, 3.63) is 53.6 Å². The van der Waals surface area contributed by atoms with Crippen molar-refractivity contribution in [1.29, 1.82) is 0 Å². The summed E-state index contributed by atoms with van der Waals surface area (Å²) in [6, 6.07) is 13.8. The van der Waals surface area contributed by atoms with Crippen LogP contribution in [0.4, 0.5) is 0 Å². The number of halogens is 1. The summed E-state index contributed by atoms with van der Waals surface area (Å²) in [5.74, 6) is 0. The fourth-order valence-corrected chi connectivity index (χ4v) is 6.86. The molecule has 1 atom stereocenters. The van der Waals surface area contributed by atoms with E-state index in [4.69, 9.17) is 11.6 Å². The second-order valence-electron chi connectivity index (χ2n) is 7.97. The number of hydrogen-bond donors (Lipinski definition) is 0. The fraction of sp³-hybridized carbons (Fsp3) is 0.400. The second-order valence-corrected chi connectivity index (χ2v) is 13.3. The van der Waals surface area contributed by atoms with Crippen LogP contribution in [-0.4, -0.2) is 44.2 Å². The third-order valence-corrected chi connectivity index (χ3v) is 10.1. The van der Waals surface area contributed by atoms with Crippen molar-refractivity contribution in [3.63, 3.8) is 0 Å². The van der Waals surface area contributed by atoms with Crippen molar-refractivity contribution < 1.29 is 16.8 Å². The SMILES string of the molecule is CC(C)(C)S(=O)(=O)C1CCN(S(=O)(=O)c2cccc(-c3ccc(Cl)cc3)c2)C1. The van der Waals surface area contributed by atoms with E-state index < -0.39 is 29.9 Å². The molecule has 0 aliphatic carbocycles. The van der Waals surface area contributed by atoms with Gasteiger partial charge in [0.1, 0.15) is 0 Å². The Morgan fingerprint density at radius 2 is 1.61 bits per heavy atom. The summed E-state index contributed by atoms with van der Waals surface area (Å²) < 4.78 is 52.0. The lowest BCUT2D eigenvalue weighted by Crippen LogP contribution is -2.39. The normalized spacial score (nSPS) is 19.1. The standard InChI is InChI=1S/C20H24ClNO4S2/c1-20(2,3)27(23,24)19-11-12-22(14-19)28(25,26)18-6-4-5-16(13-18)15-7-9-17(21)10-8-15/h4-10,13,19H,11-12,14H2,1-3H3. The summed E-state index contributed by atoms with van der Waals surface area (Å²) in [5, 5.41) is -0.0718. The molecule has 0 aromatic heterocycles. The van der Waals surface area contributed by atoms with Gasteiger partial charge in [-0.25, -0.2) is 16.8 Å². The average Bonchev–Trinajstić information content (AvgIpc) is 3.13. The first-order valence-corrected chi connectivity index (χ1v) is 12.4. The zero-order chi connectivity index (χ0) is 20.7. The zero-order valence-electron chi connectivity index (χ0n) is 16.1. The van der Waals surface area contributed by atoms with Gasteiger partial charge in [-0.2, -0.15) is 4.31 Å². The molecule has 8 heteroatoms. The van der Waals surface area contributed by atoms with E-state index in [2.05, 4.69) is 0 Å². The van der Waals surface area contributed by atoms with Crippen LogP contribution in [0.3, 0.4) is 0 Å². The smallest absolute Gasteiger partial charge is 0.228 e. The Kier molecular flexibility index (Phi) is 5.66. The first-order valence-electron chi connectivity index (χ1n) is 9.02. The minimum absolute atomic E-state index is 0.00684. The lowest BCUT2D eigenvalue weighted by molar-refractivity contribution is 0.475. The maximum absolute atomic E-state index is 13.1. The van der Waals surface area contributed by atoms with E-state index in [0.717, 1.165) is 11.1 Å². The molecule has 2 aromatic carbocycles. The highest BCUT2D eigenvalue weighted by Gasteiger charge is 2.43. The lowest BCUT2D eigenvalue weighted by Gasteiger charge is -2.24. The molecule has 0 radical (unpaired) electrons. The van der Waals surface area contributed by atoms with E-state index in [-0.39, 0.29) is 18.0 Å². The van der Waals surface area contributed by atoms with Gasteiger partial charge >= 0.3 is 0 Å². The molecule has 1 fully saturated rings. The Labute approximate surface area is 172 Å². The molecular weight excluding hydrogens is 418 g/mol. The first-order chi connectivity index (χ1) is 12.9. The molecule has 0 N–H and O–H groups in total. The molecule has 0 saturated carbocycles. The van der Waals surface area contributed by atoms with Gasteiger partial charge in [0.05, 0.1) is 14.9 Å². The van der Waals surface area contributed by atoms with Crippen LogP contribution in [0.25, 0.3) is 11.1 Å². The van der Waals surface area contributed by atoms with Crippen LogP contribution in [0.1, 0.15) is 27.2 Å². The molecular formula is C20H24ClNO4S2. The molecule has 3 rings (SSSR count). The first kappa shape index (κ1) is 21.3. The molecule has 1 saturated heterocycles.